The number of rotatable bonds is 2. The first-order valence-corrected chi connectivity index (χ1v) is 7.65. The monoisotopic (exact) mass is 477 g/mol. The highest BCUT2D eigenvalue weighted by Crippen LogP contribution is 2.18. The molecule has 96 valence electrons. The van der Waals surface area contributed by atoms with Crippen molar-refractivity contribution in [2.24, 2.45) is 0 Å². The Hall–Kier alpha value is -0.970. The van der Waals surface area contributed by atoms with Crippen LogP contribution < -0.4 is 5.73 Å². The Labute approximate surface area is 136 Å². The SMILES string of the molecule is Nc1ncnc2c1ncn2Cc1cc(I)cc(I)c1. The summed E-state index contributed by atoms with van der Waals surface area (Å²) >= 11 is 4.64. The van der Waals surface area contributed by atoms with Crippen LogP contribution in [-0.4, -0.2) is 19.5 Å². The Morgan fingerprint density at radius 1 is 1.05 bits per heavy atom. The largest absolute Gasteiger partial charge is 0.382 e. The standard InChI is InChI=1S/C12H9I2N5/c13-8-1-7(2-9(14)3-8)4-19-6-18-10-11(15)16-5-17-12(10)19/h1-3,5-6H,4H2,(H2,15,16,17). The van der Waals surface area contributed by atoms with Gasteiger partial charge < -0.3 is 10.3 Å². The normalized spacial score (nSPS) is 11.1. The first-order valence-electron chi connectivity index (χ1n) is 5.50. The molecule has 0 bridgehead atoms. The van der Waals surface area contributed by atoms with Gasteiger partial charge in [-0.25, -0.2) is 15.0 Å². The van der Waals surface area contributed by atoms with Crippen LogP contribution in [0.15, 0.2) is 30.9 Å². The first-order chi connectivity index (χ1) is 9.13. The fourth-order valence-corrected chi connectivity index (χ4v) is 3.98. The maximum absolute atomic E-state index is 5.78. The topological polar surface area (TPSA) is 69.6 Å². The van der Waals surface area contributed by atoms with Crippen LogP contribution in [-0.2, 0) is 6.54 Å². The molecule has 5 nitrogen and oxygen atoms in total. The Balaban J connectivity index is 2.04. The average molecular weight is 477 g/mol. The molecule has 0 saturated heterocycles. The molecule has 0 amide bonds. The lowest BCUT2D eigenvalue weighted by Gasteiger charge is -2.05. The molecule has 0 aliphatic rings. The highest BCUT2D eigenvalue weighted by atomic mass is 127. The molecule has 3 rings (SSSR count). The number of imidazole rings is 1. The average Bonchev–Trinajstić information content (AvgIpc) is 2.73. The summed E-state index contributed by atoms with van der Waals surface area (Å²) < 4.78 is 4.42. The number of halogens is 2. The lowest BCUT2D eigenvalue weighted by atomic mass is 10.2. The van der Waals surface area contributed by atoms with Crippen LogP contribution in [0.3, 0.4) is 0 Å². The van der Waals surface area contributed by atoms with Gasteiger partial charge in [-0.3, -0.25) is 0 Å². The van der Waals surface area contributed by atoms with Crippen molar-refractivity contribution in [3.05, 3.63) is 43.6 Å². The summed E-state index contributed by atoms with van der Waals surface area (Å²) in [6.07, 6.45) is 3.22. The molecule has 19 heavy (non-hydrogen) atoms. The van der Waals surface area contributed by atoms with Gasteiger partial charge in [0.2, 0.25) is 0 Å². The molecule has 0 aliphatic carbocycles. The first kappa shape index (κ1) is 13.0. The van der Waals surface area contributed by atoms with E-state index in [2.05, 4.69) is 78.3 Å². The number of nitrogen functional groups attached to an aromatic ring is 1. The minimum absolute atomic E-state index is 0.418. The molecule has 2 aromatic heterocycles. The number of anilines is 1. The molecule has 0 unspecified atom stereocenters. The molecule has 1 aromatic carbocycles. The van der Waals surface area contributed by atoms with Gasteiger partial charge in [0.25, 0.3) is 0 Å². The van der Waals surface area contributed by atoms with Crippen LogP contribution in [0.1, 0.15) is 5.56 Å². The van der Waals surface area contributed by atoms with Crippen molar-refractivity contribution in [3.63, 3.8) is 0 Å². The van der Waals surface area contributed by atoms with Crippen LogP contribution in [0.25, 0.3) is 11.2 Å². The fourth-order valence-electron chi connectivity index (χ4n) is 1.91. The highest BCUT2D eigenvalue weighted by molar-refractivity contribution is 14.1. The number of nitrogens with two attached hydrogens (primary N) is 1. The zero-order chi connectivity index (χ0) is 13.4. The second-order valence-corrected chi connectivity index (χ2v) is 6.57. The van der Waals surface area contributed by atoms with Gasteiger partial charge in [-0.15, -0.1) is 0 Å². The van der Waals surface area contributed by atoms with Gasteiger partial charge in [0.15, 0.2) is 11.5 Å². The van der Waals surface area contributed by atoms with Gasteiger partial charge >= 0.3 is 0 Å². The zero-order valence-corrected chi connectivity index (χ0v) is 14.0. The molecule has 0 atom stereocenters. The van der Waals surface area contributed by atoms with Crippen LogP contribution in [0, 0.1) is 7.14 Å². The van der Waals surface area contributed by atoms with Crippen molar-refractivity contribution in [2.45, 2.75) is 6.54 Å². The number of benzene rings is 1. The summed E-state index contributed by atoms with van der Waals surface area (Å²) in [5.74, 6) is 0.418. The van der Waals surface area contributed by atoms with E-state index >= 15 is 0 Å². The van der Waals surface area contributed by atoms with E-state index < -0.39 is 0 Å². The number of hydrogen-bond acceptors (Lipinski definition) is 4. The molecule has 0 saturated carbocycles. The van der Waals surface area contributed by atoms with E-state index in [-0.39, 0.29) is 0 Å². The van der Waals surface area contributed by atoms with E-state index in [9.17, 15) is 0 Å². The van der Waals surface area contributed by atoms with Crippen LogP contribution >= 0.6 is 45.2 Å². The number of hydrogen-bond donors (Lipinski definition) is 1. The smallest absolute Gasteiger partial charge is 0.165 e. The minimum Gasteiger partial charge on any atom is -0.382 e. The van der Waals surface area contributed by atoms with E-state index in [4.69, 9.17) is 5.73 Å². The Morgan fingerprint density at radius 3 is 2.53 bits per heavy atom. The van der Waals surface area contributed by atoms with Crippen molar-refractivity contribution in [1.29, 1.82) is 0 Å². The highest BCUT2D eigenvalue weighted by Gasteiger charge is 2.08. The van der Waals surface area contributed by atoms with E-state index in [0.29, 0.717) is 11.3 Å². The van der Waals surface area contributed by atoms with Gasteiger partial charge in [-0.05, 0) is 68.9 Å². The van der Waals surface area contributed by atoms with Crippen molar-refractivity contribution >= 4 is 62.2 Å². The number of fused-ring (bicyclic) bond motifs is 1. The summed E-state index contributed by atoms with van der Waals surface area (Å²) in [5, 5.41) is 0. The molecule has 0 spiro atoms. The molecule has 2 N–H and O–H groups in total. The van der Waals surface area contributed by atoms with E-state index in [1.54, 1.807) is 6.33 Å². The molecule has 2 heterocycles. The minimum atomic E-state index is 0.418. The molecule has 0 aliphatic heterocycles. The third-order valence-electron chi connectivity index (χ3n) is 2.70. The summed E-state index contributed by atoms with van der Waals surface area (Å²) in [6, 6.07) is 6.44. The van der Waals surface area contributed by atoms with Crippen molar-refractivity contribution in [1.82, 2.24) is 19.5 Å². The van der Waals surface area contributed by atoms with E-state index in [1.165, 1.54) is 19.0 Å². The van der Waals surface area contributed by atoms with Crippen LogP contribution in [0.4, 0.5) is 5.82 Å². The maximum atomic E-state index is 5.78. The van der Waals surface area contributed by atoms with Crippen molar-refractivity contribution in [2.75, 3.05) is 5.73 Å². The third-order valence-corrected chi connectivity index (χ3v) is 3.95. The number of aromatic nitrogens is 4. The summed E-state index contributed by atoms with van der Waals surface area (Å²) in [4.78, 5) is 12.5. The third kappa shape index (κ3) is 2.66. The van der Waals surface area contributed by atoms with Gasteiger partial charge in [-0.1, -0.05) is 0 Å². The van der Waals surface area contributed by atoms with Gasteiger partial charge in [0.1, 0.15) is 11.8 Å². The summed E-state index contributed by atoms with van der Waals surface area (Å²) in [7, 11) is 0. The van der Waals surface area contributed by atoms with Gasteiger partial charge in [0.05, 0.1) is 12.9 Å². The summed E-state index contributed by atoms with van der Waals surface area (Å²) in [5.41, 5.74) is 8.42. The van der Waals surface area contributed by atoms with Crippen LogP contribution in [0.5, 0.6) is 0 Å². The molecule has 0 fully saturated rings. The number of nitrogens with zero attached hydrogens (tertiary/aromatic N) is 4. The fraction of sp³-hybridized carbons (Fsp3) is 0.0833. The predicted molar refractivity (Wildman–Crippen MR) is 90.7 cm³/mol. The summed E-state index contributed by atoms with van der Waals surface area (Å²) in [6.45, 7) is 0.722. The van der Waals surface area contributed by atoms with Crippen LogP contribution in [0.2, 0.25) is 0 Å². The van der Waals surface area contributed by atoms with Crippen molar-refractivity contribution < 1.29 is 0 Å². The zero-order valence-electron chi connectivity index (χ0n) is 9.72. The van der Waals surface area contributed by atoms with Crippen molar-refractivity contribution in [3.8, 4) is 0 Å². The second-order valence-electron chi connectivity index (χ2n) is 4.08. The maximum Gasteiger partial charge on any atom is 0.165 e. The molecular weight excluding hydrogens is 468 g/mol. The molecule has 7 heteroatoms. The second kappa shape index (κ2) is 5.19. The molecule has 3 aromatic rings. The molecule has 0 radical (unpaired) electrons. The predicted octanol–water partition coefficient (Wildman–Crippen LogP) is 2.67. The quantitative estimate of drug-likeness (QED) is 0.577. The van der Waals surface area contributed by atoms with Gasteiger partial charge in [-0.2, -0.15) is 0 Å². The molecular formula is C12H9I2N5. The van der Waals surface area contributed by atoms with E-state index in [1.807, 2.05) is 4.57 Å². The Morgan fingerprint density at radius 2 is 1.79 bits per heavy atom. The Kier molecular flexibility index (Phi) is 3.56. The Bertz CT molecular complexity index is 733. The van der Waals surface area contributed by atoms with E-state index in [0.717, 1.165) is 12.2 Å². The van der Waals surface area contributed by atoms with Gasteiger partial charge in [0, 0.05) is 7.14 Å². The lowest BCUT2D eigenvalue weighted by molar-refractivity contribution is 0.812. The lowest BCUT2D eigenvalue weighted by Crippen LogP contribution is -2.01.